The van der Waals surface area contributed by atoms with Crippen molar-refractivity contribution in [2.45, 2.75) is 4.34 Å². The van der Waals surface area contributed by atoms with Crippen molar-refractivity contribution in [2.75, 3.05) is 11.6 Å². The third kappa shape index (κ3) is 4.08. The summed E-state index contributed by atoms with van der Waals surface area (Å²) < 4.78 is 7.82. The van der Waals surface area contributed by atoms with Gasteiger partial charge in [0, 0.05) is 22.4 Å². The van der Waals surface area contributed by atoms with E-state index < -0.39 is 0 Å². The molecule has 6 nitrogen and oxygen atoms in total. The van der Waals surface area contributed by atoms with Crippen LogP contribution < -0.4 is 5.32 Å². The highest BCUT2D eigenvalue weighted by Gasteiger charge is 2.12. The maximum atomic E-state index is 12.7. The molecule has 31 heavy (non-hydrogen) atoms. The van der Waals surface area contributed by atoms with Gasteiger partial charge in [-0.15, -0.1) is 21.5 Å². The molecule has 5 aromatic rings. The first-order valence-electron chi connectivity index (χ1n) is 9.45. The van der Waals surface area contributed by atoms with E-state index in [4.69, 9.17) is 4.42 Å². The molecule has 152 valence electrons. The molecule has 2 heterocycles. The number of fused-ring (bicyclic) bond motifs is 1. The largest absolute Gasteiger partial charge is 0.416 e. The summed E-state index contributed by atoms with van der Waals surface area (Å²) in [6.45, 7) is 0. The highest BCUT2D eigenvalue weighted by molar-refractivity contribution is 8.00. The molecule has 1 N–H and O–H groups in total. The van der Waals surface area contributed by atoms with E-state index >= 15 is 0 Å². The fourth-order valence-corrected chi connectivity index (χ4v) is 4.60. The van der Waals surface area contributed by atoms with Crippen LogP contribution in [0.1, 0.15) is 10.4 Å². The third-order valence-electron chi connectivity index (χ3n) is 4.64. The molecule has 0 spiro atoms. The van der Waals surface area contributed by atoms with Gasteiger partial charge >= 0.3 is 0 Å². The van der Waals surface area contributed by atoms with Crippen molar-refractivity contribution in [1.29, 1.82) is 0 Å². The lowest BCUT2D eigenvalue weighted by Gasteiger charge is -2.05. The number of rotatable bonds is 5. The lowest BCUT2D eigenvalue weighted by molar-refractivity contribution is 0.102. The summed E-state index contributed by atoms with van der Waals surface area (Å²) in [7, 11) is 0. The van der Waals surface area contributed by atoms with E-state index in [1.165, 1.54) is 0 Å². The number of thioether (sulfide) groups is 1. The second-order valence-corrected chi connectivity index (χ2v) is 8.76. The summed E-state index contributed by atoms with van der Waals surface area (Å²) in [5, 5.41) is 11.2. The summed E-state index contributed by atoms with van der Waals surface area (Å²) >= 11 is 3.23. The van der Waals surface area contributed by atoms with Crippen LogP contribution in [0.5, 0.6) is 0 Å². The number of nitrogens with zero attached hydrogens (tertiary/aromatic N) is 3. The van der Waals surface area contributed by atoms with E-state index in [1.54, 1.807) is 47.4 Å². The molecular formula is C23H16N4O2S2. The number of hydrogen-bond donors (Lipinski definition) is 1. The predicted molar refractivity (Wildman–Crippen MR) is 125 cm³/mol. The third-order valence-corrected chi connectivity index (χ3v) is 6.64. The fraction of sp³-hybridized carbons (Fsp3) is 0.0435. The summed E-state index contributed by atoms with van der Waals surface area (Å²) in [5.41, 5.74) is 3.83. The van der Waals surface area contributed by atoms with E-state index in [1.807, 2.05) is 54.8 Å². The van der Waals surface area contributed by atoms with Gasteiger partial charge in [-0.05, 0) is 60.9 Å². The first-order chi connectivity index (χ1) is 15.2. The van der Waals surface area contributed by atoms with Crippen LogP contribution in [-0.4, -0.2) is 27.3 Å². The van der Waals surface area contributed by atoms with Crippen LogP contribution in [0.25, 0.3) is 33.1 Å². The molecular weight excluding hydrogens is 428 g/mol. The molecule has 0 unspecified atom stereocenters. The lowest BCUT2D eigenvalue weighted by atomic mass is 10.1. The van der Waals surface area contributed by atoms with Crippen molar-refractivity contribution in [3.63, 3.8) is 0 Å². The van der Waals surface area contributed by atoms with E-state index in [9.17, 15) is 4.79 Å². The maximum Gasteiger partial charge on any atom is 0.255 e. The zero-order valence-corrected chi connectivity index (χ0v) is 18.0. The summed E-state index contributed by atoms with van der Waals surface area (Å²) in [5.74, 6) is 0.683. The molecule has 0 radical (unpaired) electrons. The Bertz CT molecular complexity index is 1360. The monoisotopic (exact) mass is 444 g/mol. The molecule has 1 amide bonds. The lowest BCUT2D eigenvalue weighted by Crippen LogP contribution is -2.11. The van der Waals surface area contributed by atoms with Crippen LogP contribution in [0.2, 0.25) is 0 Å². The Hall–Kier alpha value is -3.49. The molecule has 0 atom stereocenters. The van der Waals surface area contributed by atoms with Crippen LogP contribution >= 0.6 is 23.1 Å². The Morgan fingerprint density at radius 1 is 0.935 bits per heavy atom. The molecule has 0 fully saturated rings. The maximum absolute atomic E-state index is 12.7. The van der Waals surface area contributed by atoms with Crippen molar-refractivity contribution in [3.8, 4) is 22.9 Å². The van der Waals surface area contributed by atoms with E-state index in [2.05, 4.69) is 20.5 Å². The number of aromatic nitrogens is 3. The zero-order valence-electron chi connectivity index (χ0n) is 16.4. The number of anilines is 1. The van der Waals surface area contributed by atoms with Crippen molar-refractivity contribution in [2.24, 2.45) is 0 Å². The van der Waals surface area contributed by atoms with Gasteiger partial charge in [-0.2, -0.15) is 0 Å². The van der Waals surface area contributed by atoms with Crippen LogP contribution in [0.15, 0.2) is 81.6 Å². The average Bonchev–Trinajstić information content (AvgIpc) is 3.47. The normalized spacial score (nSPS) is 11.0. The van der Waals surface area contributed by atoms with Crippen LogP contribution in [0.3, 0.4) is 0 Å². The van der Waals surface area contributed by atoms with Crippen molar-refractivity contribution >= 4 is 44.9 Å². The smallest absolute Gasteiger partial charge is 0.255 e. The molecule has 8 heteroatoms. The van der Waals surface area contributed by atoms with E-state index in [0.717, 1.165) is 31.4 Å². The quantitative estimate of drug-likeness (QED) is 0.336. The summed E-state index contributed by atoms with van der Waals surface area (Å²) in [4.78, 5) is 17.2. The van der Waals surface area contributed by atoms with Gasteiger partial charge in [0.1, 0.15) is 0 Å². The fourth-order valence-electron chi connectivity index (χ4n) is 3.07. The van der Waals surface area contributed by atoms with Gasteiger partial charge in [0.15, 0.2) is 4.34 Å². The van der Waals surface area contributed by atoms with Crippen LogP contribution in [-0.2, 0) is 0 Å². The highest BCUT2D eigenvalue weighted by atomic mass is 32.2. The van der Waals surface area contributed by atoms with E-state index in [-0.39, 0.29) is 5.91 Å². The van der Waals surface area contributed by atoms with Gasteiger partial charge in [-0.25, -0.2) is 4.98 Å². The number of amides is 1. The topological polar surface area (TPSA) is 80.9 Å². The molecule has 0 saturated carbocycles. The van der Waals surface area contributed by atoms with Gasteiger partial charge < -0.3 is 9.73 Å². The average molecular weight is 445 g/mol. The highest BCUT2D eigenvalue weighted by Crippen LogP contribution is 2.30. The van der Waals surface area contributed by atoms with Crippen molar-refractivity contribution in [3.05, 3.63) is 78.4 Å². The molecule has 0 bridgehead atoms. The number of carbonyl (C=O) groups is 1. The minimum atomic E-state index is -0.184. The SMILES string of the molecule is CSc1nc2ccc(NC(=O)c3ccc(-c4nnc(-c5ccccc5)o4)cc3)cc2s1. The van der Waals surface area contributed by atoms with Crippen LogP contribution in [0, 0.1) is 0 Å². The standard InChI is InChI=1S/C23H16N4O2S2/c1-30-23-25-18-12-11-17(13-19(18)31-23)24-20(28)14-7-9-16(10-8-14)22-27-26-21(29-22)15-5-3-2-4-6-15/h2-13H,1H3,(H,24,28). The molecule has 0 aliphatic carbocycles. The number of hydrogen-bond acceptors (Lipinski definition) is 7. The number of benzene rings is 3. The van der Waals surface area contributed by atoms with Crippen LogP contribution in [0.4, 0.5) is 5.69 Å². The first-order valence-corrected chi connectivity index (χ1v) is 11.5. The Morgan fingerprint density at radius 3 is 2.35 bits per heavy atom. The first kappa shape index (κ1) is 19.5. The summed E-state index contributed by atoms with van der Waals surface area (Å²) in [6.07, 6.45) is 2.00. The second kappa shape index (κ2) is 8.33. The number of nitrogens with one attached hydrogen (secondary N) is 1. The molecule has 0 saturated heterocycles. The molecule has 5 rings (SSSR count). The summed E-state index contributed by atoms with van der Waals surface area (Å²) in [6, 6.07) is 22.4. The van der Waals surface area contributed by atoms with Gasteiger partial charge in [0.05, 0.1) is 10.2 Å². The second-order valence-electron chi connectivity index (χ2n) is 6.68. The predicted octanol–water partition coefficient (Wildman–Crippen LogP) is 5.99. The Morgan fingerprint density at radius 2 is 1.65 bits per heavy atom. The van der Waals surface area contributed by atoms with Crippen molar-refractivity contribution < 1.29 is 9.21 Å². The van der Waals surface area contributed by atoms with E-state index in [0.29, 0.717) is 17.3 Å². The minimum absolute atomic E-state index is 0.184. The van der Waals surface area contributed by atoms with Gasteiger partial charge in [0.25, 0.3) is 5.91 Å². The molecule has 0 aliphatic heterocycles. The minimum Gasteiger partial charge on any atom is -0.416 e. The molecule has 2 aromatic heterocycles. The van der Waals surface area contributed by atoms with Crippen molar-refractivity contribution in [1.82, 2.24) is 15.2 Å². The van der Waals surface area contributed by atoms with Gasteiger partial charge in [-0.3, -0.25) is 4.79 Å². The number of thiazole rings is 1. The molecule has 3 aromatic carbocycles. The zero-order chi connectivity index (χ0) is 21.2. The van der Waals surface area contributed by atoms with Gasteiger partial charge in [0.2, 0.25) is 11.8 Å². The Balaban J connectivity index is 1.32. The molecule has 0 aliphatic rings. The Kier molecular flexibility index (Phi) is 5.23. The van der Waals surface area contributed by atoms with Gasteiger partial charge in [-0.1, -0.05) is 30.0 Å². The Labute approximate surface area is 186 Å². The number of carbonyl (C=O) groups excluding carboxylic acids is 1.